The average molecular weight is 311 g/mol. The number of thiophene rings is 1. The number of rotatable bonds is 6. The number of aryl methyl sites for hydroxylation is 2. The van der Waals surface area contributed by atoms with E-state index in [1.165, 1.54) is 5.56 Å². The number of hydrogen-bond acceptors (Lipinski definition) is 3. The summed E-state index contributed by atoms with van der Waals surface area (Å²) in [6.07, 6.45) is 2.99. The van der Waals surface area contributed by atoms with Crippen molar-refractivity contribution in [2.45, 2.75) is 19.4 Å². The molecule has 2 aromatic heterocycles. The topological polar surface area (TPSA) is 46.9 Å². The SMILES string of the molecule is O=C(Cc1ccsc1)Nc1ccnn1CCc1ccccc1. The zero-order valence-electron chi connectivity index (χ0n) is 12.1. The maximum absolute atomic E-state index is 12.1. The van der Waals surface area contributed by atoms with Crippen LogP contribution in [0.4, 0.5) is 5.82 Å². The molecule has 0 aliphatic heterocycles. The largest absolute Gasteiger partial charge is 0.311 e. The summed E-state index contributed by atoms with van der Waals surface area (Å²) in [5, 5.41) is 11.2. The minimum atomic E-state index is -0.0140. The highest BCUT2D eigenvalue weighted by Crippen LogP contribution is 2.11. The van der Waals surface area contributed by atoms with Crippen molar-refractivity contribution in [1.29, 1.82) is 0 Å². The molecule has 0 fully saturated rings. The molecule has 0 radical (unpaired) electrons. The number of anilines is 1. The first-order chi connectivity index (χ1) is 10.8. The Morgan fingerprint density at radius 3 is 2.77 bits per heavy atom. The van der Waals surface area contributed by atoms with Gasteiger partial charge in [-0.25, -0.2) is 4.68 Å². The second-order valence-electron chi connectivity index (χ2n) is 5.03. The highest BCUT2D eigenvalue weighted by atomic mass is 32.1. The van der Waals surface area contributed by atoms with Crippen molar-refractivity contribution in [1.82, 2.24) is 9.78 Å². The predicted molar refractivity (Wildman–Crippen MR) is 89.0 cm³/mol. The lowest BCUT2D eigenvalue weighted by Gasteiger charge is -2.09. The summed E-state index contributed by atoms with van der Waals surface area (Å²) in [6.45, 7) is 0.741. The number of carbonyl (C=O) groups excluding carboxylic acids is 1. The Labute approximate surface area is 133 Å². The second-order valence-corrected chi connectivity index (χ2v) is 5.81. The summed E-state index contributed by atoms with van der Waals surface area (Å²) in [4.78, 5) is 12.1. The molecule has 0 spiro atoms. The van der Waals surface area contributed by atoms with Gasteiger partial charge in [0.25, 0.3) is 0 Å². The summed E-state index contributed by atoms with van der Waals surface area (Å²) in [6, 6.07) is 14.1. The number of benzene rings is 1. The fourth-order valence-corrected chi connectivity index (χ4v) is 2.93. The molecule has 0 aliphatic carbocycles. The molecule has 22 heavy (non-hydrogen) atoms. The summed E-state index contributed by atoms with van der Waals surface area (Å²) in [5.74, 6) is 0.732. The predicted octanol–water partition coefficient (Wildman–Crippen LogP) is 3.37. The van der Waals surface area contributed by atoms with Crippen LogP contribution in [0.2, 0.25) is 0 Å². The zero-order valence-corrected chi connectivity index (χ0v) is 12.9. The van der Waals surface area contributed by atoms with Gasteiger partial charge in [0.2, 0.25) is 5.91 Å². The van der Waals surface area contributed by atoms with Crippen LogP contribution >= 0.6 is 11.3 Å². The summed E-state index contributed by atoms with van der Waals surface area (Å²) < 4.78 is 1.83. The Bertz CT molecular complexity index is 719. The Hall–Kier alpha value is -2.40. The first-order valence-corrected chi connectivity index (χ1v) is 8.12. The molecule has 3 aromatic rings. The van der Waals surface area contributed by atoms with Gasteiger partial charge in [-0.1, -0.05) is 30.3 Å². The van der Waals surface area contributed by atoms with E-state index in [-0.39, 0.29) is 5.91 Å². The number of carbonyl (C=O) groups is 1. The van der Waals surface area contributed by atoms with E-state index in [0.717, 1.165) is 24.3 Å². The molecule has 1 amide bonds. The van der Waals surface area contributed by atoms with E-state index in [0.29, 0.717) is 6.42 Å². The third-order valence-electron chi connectivity index (χ3n) is 3.38. The van der Waals surface area contributed by atoms with Crippen molar-refractivity contribution in [2.75, 3.05) is 5.32 Å². The maximum atomic E-state index is 12.1. The van der Waals surface area contributed by atoms with Gasteiger partial charge in [0, 0.05) is 12.6 Å². The molecule has 0 atom stereocenters. The Balaban J connectivity index is 1.58. The lowest BCUT2D eigenvalue weighted by atomic mass is 10.1. The van der Waals surface area contributed by atoms with Crippen molar-refractivity contribution in [2.24, 2.45) is 0 Å². The number of hydrogen-bond donors (Lipinski definition) is 1. The quantitative estimate of drug-likeness (QED) is 0.758. The number of aromatic nitrogens is 2. The van der Waals surface area contributed by atoms with E-state index in [9.17, 15) is 4.79 Å². The maximum Gasteiger partial charge on any atom is 0.229 e. The number of amides is 1. The monoisotopic (exact) mass is 311 g/mol. The number of nitrogens with one attached hydrogen (secondary N) is 1. The summed E-state index contributed by atoms with van der Waals surface area (Å²) in [5.41, 5.74) is 2.30. The first kappa shape index (κ1) is 14.5. The van der Waals surface area contributed by atoms with Crippen LogP contribution in [0.5, 0.6) is 0 Å². The Kier molecular flexibility index (Phi) is 4.65. The summed E-state index contributed by atoms with van der Waals surface area (Å²) >= 11 is 1.60. The third-order valence-corrected chi connectivity index (χ3v) is 4.12. The van der Waals surface area contributed by atoms with Gasteiger partial charge in [-0.2, -0.15) is 16.4 Å². The van der Waals surface area contributed by atoms with Crippen LogP contribution in [0.1, 0.15) is 11.1 Å². The highest BCUT2D eigenvalue weighted by Gasteiger charge is 2.08. The Morgan fingerprint density at radius 2 is 2.00 bits per heavy atom. The van der Waals surface area contributed by atoms with Crippen LogP contribution in [0.3, 0.4) is 0 Å². The lowest BCUT2D eigenvalue weighted by molar-refractivity contribution is -0.115. The fraction of sp³-hybridized carbons (Fsp3) is 0.176. The molecule has 112 valence electrons. The minimum Gasteiger partial charge on any atom is -0.311 e. The van der Waals surface area contributed by atoms with Gasteiger partial charge < -0.3 is 5.32 Å². The molecule has 2 heterocycles. The van der Waals surface area contributed by atoms with E-state index in [1.54, 1.807) is 17.5 Å². The van der Waals surface area contributed by atoms with Gasteiger partial charge in [-0.05, 0) is 34.4 Å². The van der Waals surface area contributed by atoms with Gasteiger partial charge in [-0.3, -0.25) is 4.79 Å². The van der Waals surface area contributed by atoms with E-state index in [2.05, 4.69) is 22.5 Å². The second kappa shape index (κ2) is 7.04. The molecule has 1 aromatic carbocycles. The minimum absolute atomic E-state index is 0.0140. The first-order valence-electron chi connectivity index (χ1n) is 7.18. The normalized spacial score (nSPS) is 10.5. The smallest absolute Gasteiger partial charge is 0.229 e. The van der Waals surface area contributed by atoms with Crippen molar-refractivity contribution in [3.05, 3.63) is 70.5 Å². The molecular weight excluding hydrogens is 294 g/mol. The van der Waals surface area contributed by atoms with Gasteiger partial charge in [0.15, 0.2) is 0 Å². The van der Waals surface area contributed by atoms with Crippen LogP contribution in [0.15, 0.2) is 59.4 Å². The summed E-state index contributed by atoms with van der Waals surface area (Å²) in [7, 11) is 0. The molecule has 5 heteroatoms. The fourth-order valence-electron chi connectivity index (χ4n) is 2.26. The number of nitrogens with zero attached hydrogens (tertiary/aromatic N) is 2. The van der Waals surface area contributed by atoms with Crippen molar-refractivity contribution in [3.8, 4) is 0 Å². The molecule has 4 nitrogen and oxygen atoms in total. The third kappa shape index (κ3) is 3.83. The van der Waals surface area contributed by atoms with E-state index >= 15 is 0 Å². The molecule has 1 N–H and O–H groups in total. The molecule has 0 bridgehead atoms. The van der Waals surface area contributed by atoms with Crippen LogP contribution in [0, 0.1) is 0 Å². The molecule has 0 unspecified atom stereocenters. The van der Waals surface area contributed by atoms with Crippen LogP contribution in [-0.4, -0.2) is 15.7 Å². The lowest BCUT2D eigenvalue weighted by Crippen LogP contribution is -2.18. The Morgan fingerprint density at radius 1 is 1.14 bits per heavy atom. The highest BCUT2D eigenvalue weighted by molar-refractivity contribution is 7.08. The average Bonchev–Trinajstić information content (AvgIpc) is 3.18. The van der Waals surface area contributed by atoms with E-state index in [4.69, 9.17) is 0 Å². The standard InChI is InChI=1S/C17H17N3OS/c21-17(12-15-8-11-22-13-15)19-16-6-9-18-20(16)10-7-14-4-2-1-3-5-14/h1-6,8-9,11,13H,7,10,12H2,(H,19,21). The molecule has 0 saturated carbocycles. The molecule has 3 rings (SSSR count). The van der Waals surface area contributed by atoms with Crippen molar-refractivity contribution in [3.63, 3.8) is 0 Å². The van der Waals surface area contributed by atoms with Gasteiger partial charge in [-0.15, -0.1) is 0 Å². The van der Waals surface area contributed by atoms with Crippen LogP contribution < -0.4 is 5.32 Å². The van der Waals surface area contributed by atoms with E-state index in [1.807, 2.05) is 45.8 Å². The van der Waals surface area contributed by atoms with Gasteiger partial charge in [0.05, 0.1) is 12.6 Å². The van der Waals surface area contributed by atoms with Gasteiger partial charge in [0.1, 0.15) is 5.82 Å². The van der Waals surface area contributed by atoms with Crippen molar-refractivity contribution < 1.29 is 4.79 Å². The van der Waals surface area contributed by atoms with Crippen LogP contribution in [-0.2, 0) is 24.2 Å². The molecular formula is C17H17N3OS. The zero-order chi connectivity index (χ0) is 15.2. The van der Waals surface area contributed by atoms with Gasteiger partial charge >= 0.3 is 0 Å². The molecule has 0 aliphatic rings. The van der Waals surface area contributed by atoms with Crippen LogP contribution in [0.25, 0.3) is 0 Å². The molecule has 0 saturated heterocycles. The van der Waals surface area contributed by atoms with Crippen molar-refractivity contribution >= 4 is 23.1 Å². The van der Waals surface area contributed by atoms with E-state index < -0.39 is 0 Å².